The van der Waals surface area contributed by atoms with Crippen LogP contribution in [0.1, 0.15) is 74.9 Å². The van der Waals surface area contributed by atoms with Gasteiger partial charge in [-0.3, -0.25) is 0 Å². The number of aryl methyl sites for hydroxylation is 1. The van der Waals surface area contributed by atoms with Crippen LogP contribution in [0.4, 0.5) is 11.4 Å². The van der Waals surface area contributed by atoms with Gasteiger partial charge in [-0.2, -0.15) is 0 Å². The lowest BCUT2D eigenvalue weighted by atomic mass is 9.78. The molecule has 0 aliphatic rings. The van der Waals surface area contributed by atoms with Crippen molar-refractivity contribution in [3.05, 3.63) is 167 Å². The molecule has 6 aromatic rings. The van der Waals surface area contributed by atoms with Gasteiger partial charge in [-0.05, 0) is 141 Å². The average molecular weight is 861 g/mol. The molecule has 0 atom stereocenters. The molecule has 9 nitrogen and oxygen atoms in total. The molecule has 0 aliphatic heterocycles. The van der Waals surface area contributed by atoms with E-state index in [2.05, 4.69) is 51.3 Å². The van der Waals surface area contributed by atoms with E-state index in [0.717, 1.165) is 54.9 Å². The summed E-state index contributed by atoms with van der Waals surface area (Å²) in [5, 5.41) is 13.1. The maximum atomic E-state index is 13.5. The summed E-state index contributed by atoms with van der Waals surface area (Å²) in [6.07, 6.45) is 1.15. The molecule has 0 aromatic heterocycles. The second-order valence-electron chi connectivity index (χ2n) is 15.7. The van der Waals surface area contributed by atoms with E-state index in [1.807, 2.05) is 97.1 Å². The fourth-order valence-electron chi connectivity index (χ4n) is 7.83. The van der Waals surface area contributed by atoms with Crippen LogP contribution in [0.15, 0.2) is 143 Å². The van der Waals surface area contributed by atoms with Gasteiger partial charge >= 0.3 is 0 Å². The Balaban J connectivity index is 1.32. The number of hydrogen-bond donors (Lipinski definition) is 2. The summed E-state index contributed by atoms with van der Waals surface area (Å²) in [6, 6.07) is 40.5. The zero-order valence-corrected chi connectivity index (χ0v) is 37.9. The number of nitrogens with zero attached hydrogens (tertiary/aromatic N) is 2. The molecule has 0 heterocycles. The van der Waals surface area contributed by atoms with Gasteiger partial charge in [0.1, 0.15) is 28.6 Å². The average Bonchev–Trinajstić information content (AvgIpc) is 3.25. The molecule has 320 valence electrons. The molecular weight excluding hydrogens is 805 g/mol. The van der Waals surface area contributed by atoms with Gasteiger partial charge < -0.3 is 24.4 Å². The van der Waals surface area contributed by atoms with Crippen molar-refractivity contribution in [3.63, 3.8) is 0 Å². The molecule has 6 rings (SSSR count). The van der Waals surface area contributed by atoms with Gasteiger partial charge in [-0.15, -0.1) is 0 Å². The Morgan fingerprint density at radius 3 is 1.33 bits per heavy atom. The van der Waals surface area contributed by atoms with Crippen molar-refractivity contribution >= 4 is 31.9 Å². The largest absolute Gasteiger partial charge is 0.457 e. The van der Waals surface area contributed by atoms with Crippen LogP contribution >= 0.6 is 0 Å². The monoisotopic (exact) mass is 860 g/mol. The fourth-order valence-corrected chi connectivity index (χ4v) is 9.34. The third kappa shape index (κ3) is 9.64. The molecule has 0 bridgehead atoms. The first-order valence-corrected chi connectivity index (χ1v) is 23.7. The molecular formula is C50H56N2O7S2. The number of benzene rings is 6. The second-order valence-corrected chi connectivity index (χ2v) is 18.6. The fraction of sp³-hybridized carbons (Fsp3) is 0.280. The van der Waals surface area contributed by atoms with Gasteiger partial charge in [0, 0.05) is 54.8 Å². The Kier molecular flexibility index (Phi) is 13.7. The van der Waals surface area contributed by atoms with Crippen LogP contribution < -0.4 is 19.3 Å². The minimum absolute atomic E-state index is 0.000505. The Bertz CT molecular complexity index is 2570. The number of ether oxygens (including phenoxy) is 2. The lowest BCUT2D eigenvalue weighted by Crippen LogP contribution is -2.31. The highest BCUT2D eigenvalue weighted by Crippen LogP contribution is 2.43. The van der Waals surface area contributed by atoms with E-state index in [-0.39, 0.29) is 15.4 Å². The van der Waals surface area contributed by atoms with Gasteiger partial charge in [0.2, 0.25) is 0 Å². The summed E-state index contributed by atoms with van der Waals surface area (Å²) in [5.41, 5.74) is 3.70. The summed E-state index contributed by atoms with van der Waals surface area (Å²) in [4.78, 5) is 4.66. The summed E-state index contributed by atoms with van der Waals surface area (Å²) < 4.78 is 62.6. The molecule has 61 heavy (non-hydrogen) atoms. The highest BCUT2D eigenvalue weighted by molar-refractivity contribution is 7.90. The predicted molar refractivity (Wildman–Crippen MR) is 247 cm³/mol. The number of hydrogen-bond acceptors (Lipinski definition) is 9. The van der Waals surface area contributed by atoms with Crippen molar-refractivity contribution in [2.75, 3.05) is 42.2 Å². The number of thiol groups is 1. The van der Waals surface area contributed by atoms with Gasteiger partial charge in [-0.25, -0.2) is 16.8 Å². The minimum atomic E-state index is -3.82. The lowest BCUT2D eigenvalue weighted by Gasteiger charge is -2.33. The second kappa shape index (κ2) is 18.6. The van der Waals surface area contributed by atoms with Gasteiger partial charge in [0.15, 0.2) is 20.5 Å². The van der Waals surface area contributed by atoms with Crippen molar-refractivity contribution in [1.29, 1.82) is 0 Å². The van der Waals surface area contributed by atoms with Crippen LogP contribution in [0.25, 0.3) is 0 Å². The molecule has 11 heteroatoms. The lowest BCUT2D eigenvalue weighted by molar-refractivity contribution is 0.122. The molecule has 1 N–H and O–H groups in total. The third-order valence-corrected chi connectivity index (χ3v) is 13.6. The zero-order chi connectivity index (χ0) is 44.1. The van der Waals surface area contributed by atoms with Crippen LogP contribution in [0, 0.1) is 6.92 Å². The summed E-state index contributed by atoms with van der Waals surface area (Å²) in [7, 11) is -6.55. The standard InChI is InChI=1S/C50H56N2O7S2/c1-9-51(10-2)40-22-14-38(15-23-40)50(53,39-16-24-41(25-17-39)52(11-3)12-4)46-33-44(31-32-48(46)61(8,56)57)58-42-27-18-36(19-28-42)49(6,7)37-20-29-43(30-21-37)59-45-26-13-35(5)47(34-45)60(54)55/h13-34,53,60H,9-12H2,1-8H3. The van der Waals surface area contributed by atoms with E-state index in [1.165, 1.54) is 12.1 Å². The van der Waals surface area contributed by atoms with E-state index in [0.29, 0.717) is 39.7 Å². The molecule has 0 radical (unpaired) electrons. The van der Waals surface area contributed by atoms with Crippen molar-refractivity contribution in [2.24, 2.45) is 0 Å². The quantitative estimate of drug-likeness (QED) is 0.0684. The Hall–Kier alpha value is -5.62. The van der Waals surface area contributed by atoms with Crippen LogP contribution in [0.5, 0.6) is 23.0 Å². The van der Waals surface area contributed by atoms with Crippen LogP contribution in [-0.2, 0) is 31.6 Å². The Morgan fingerprint density at radius 2 is 0.934 bits per heavy atom. The number of sulfone groups is 1. The van der Waals surface area contributed by atoms with Gasteiger partial charge in [-0.1, -0.05) is 68.4 Å². The topological polar surface area (TPSA) is 113 Å². The molecule has 0 saturated carbocycles. The normalized spacial score (nSPS) is 12.0. The van der Waals surface area contributed by atoms with E-state index in [1.54, 1.807) is 31.2 Å². The Morgan fingerprint density at radius 1 is 0.557 bits per heavy atom. The van der Waals surface area contributed by atoms with E-state index in [4.69, 9.17) is 9.47 Å². The molecule has 0 spiro atoms. The maximum absolute atomic E-state index is 13.5. The zero-order valence-electron chi connectivity index (χ0n) is 36.2. The first-order valence-electron chi connectivity index (χ1n) is 20.6. The molecule has 0 aliphatic carbocycles. The highest BCUT2D eigenvalue weighted by atomic mass is 32.2. The summed E-state index contributed by atoms with van der Waals surface area (Å²) in [6.45, 7) is 17.6. The summed E-state index contributed by atoms with van der Waals surface area (Å²) >= 11 is 0. The van der Waals surface area contributed by atoms with E-state index < -0.39 is 31.6 Å². The minimum Gasteiger partial charge on any atom is -0.457 e. The van der Waals surface area contributed by atoms with Crippen LogP contribution in [0.3, 0.4) is 0 Å². The van der Waals surface area contributed by atoms with Gasteiger partial charge in [0.25, 0.3) is 0 Å². The first-order chi connectivity index (χ1) is 29.0. The van der Waals surface area contributed by atoms with Gasteiger partial charge in [0.05, 0.1) is 9.79 Å². The molecule has 6 aromatic carbocycles. The number of anilines is 2. The number of aliphatic hydroxyl groups is 1. The van der Waals surface area contributed by atoms with Crippen molar-refractivity contribution in [1.82, 2.24) is 0 Å². The molecule has 0 saturated heterocycles. The maximum Gasteiger partial charge on any atom is 0.175 e. The third-order valence-electron chi connectivity index (χ3n) is 11.6. The van der Waals surface area contributed by atoms with E-state index in [9.17, 15) is 21.9 Å². The first kappa shape index (κ1) is 44.9. The molecule has 0 fully saturated rings. The van der Waals surface area contributed by atoms with Crippen molar-refractivity contribution in [2.45, 2.75) is 69.3 Å². The highest BCUT2D eigenvalue weighted by Gasteiger charge is 2.38. The molecule has 0 unspecified atom stereocenters. The van der Waals surface area contributed by atoms with E-state index >= 15 is 0 Å². The van der Waals surface area contributed by atoms with Crippen LogP contribution in [0.2, 0.25) is 0 Å². The predicted octanol–water partition coefficient (Wildman–Crippen LogP) is 10.3. The van der Waals surface area contributed by atoms with Crippen molar-refractivity contribution < 1.29 is 31.4 Å². The molecule has 0 amide bonds. The van der Waals surface area contributed by atoms with Crippen molar-refractivity contribution in [3.8, 4) is 23.0 Å². The number of rotatable bonds is 17. The summed E-state index contributed by atoms with van der Waals surface area (Å²) in [5.74, 6) is 1.93. The smallest absolute Gasteiger partial charge is 0.175 e. The Labute approximate surface area is 363 Å². The SMILES string of the molecule is CCN(CC)c1ccc(C(O)(c2ccc(N(CC)CC)cc2)c2cc(Oc3ccc(C(C)(C)c4ccc(Oc5ccc(C)c([SH](=O)=O)c5)cc4)cc3)ccc2S(C)(=O)=O)cc1. The van der Waals surface area contributed by atoms with Crippen LogP contribution in [-0.4, -0.2) is 54.4 Å².